The number of para-hydroxylation sites is 2. The van der Waals surface area contributed by atoms with E-state index in [1.165, 1.54) is 0 Å². The average Bonchev–Trinajstić information content (AvgIpc) is 2.31. The first kappa shape index (κ1) is 11.9. The van der Waals surface area contributed by atoms with Crippen LogP contribution in [0.2, 0.25) is 0 Å². The predicted molar refractivity (Wildman–Crippen MR) is 59.3 cm³/mol. The molecule has 1 aliphatic rings. The fourth-order valence-electron chi connectivity index (χ4n) is 1.23. The molecular weight excluding hydrogens is 192 g/mol. The molecule has 1 aromatic carbocycles. The van der Waals surface area contributed by atoms with Crippen LogP contribution in [0.3, 0.4) is 0 Å². The highest BCUT2D eigenvalue weighted by Crippen LogP contribution is 2.34. The molecule has 0 saturated heterocycles. The monoisotopic (exact) mass is 210 g/mol. The lowest BCUT2D eigenvalue weighted by Gasteiger charge is -2.33. The van der Waals surface area contributed by atoms with Crippen molar-refractivity contribution < 1.29 is 14.2 Å². The number of benzene rings is 1. The summed E-state index contributed by atoms with van der Waals surface area (Å²) in [6.07, 6.45) is 0. The fourth-order valence-corrected chi connectivity index (χ4v) is 1.23. The van der Waals surface area contributed by atoms with Crippen LogP contribution in [0, 0.1) is 0 Å². The first-order chi connectivity index (χ1) is 7.23. The van der Waals surface area contributed by atoms with Crippen molar-refractivity contribution in [3.8, 4) is 11.5 Å². The van der Waals surface area contributed by atoms with Crippen molar-refractivity contribution in [3.63, 3.8) is 0 Å². The van der Waals surface area contributed by atoms with E-state index >= 15 is 0 Å². The van der Waals surface area contributed by atoms with Gasteiger partial charge in [0.2, 0.25) is 5.79 Å². The summed E-state index contributed by atoms with van der Waals surface area (Å²) in [5.41, 5.74) is 0. The van der Waals surface area contributed by atoms with E-state index in [1.807, 2.05) is 45.0 Å². The molecule has 0 saturated carbocycles. The molecule has 0 aliphatic carbocycles. The Morgan fingerprint density at radius 2 is 1.80 bits per heavy atom. The van der Waals surface area contributed by atoms with Crippen LogP contribution in [-0.2, 0) is 4.74 Å². The van der Waals surface area contributed by atoms with Gasteiger partial charge in [-0.1, -0.05) is 26.0 Å². The molecule has 3 heteroatoms. The van der Waals surface area contributed by atoms with Crippen molar-refractivity contribution in [3.05, 3.63) is 24.3 Å². The van der Waals surface area contributed by atoms with Gasteiger partial charge in [-0.15, -0.1) is 0 Å². The van der Waals surface area contributed by atoms with Gasteiger partial charge in [-0.2, -0.15) is 0 Å². The van der Waals surface area contributed by atoms with E-state index in [9.17, 15) is 0 Å². The van der Waals surface area contributed by atoms with Gasteiger partial charge < -0.3 is 14.2 Å². The molecule has 0 fully saturated rings. The smallest absolute Gasteiger partial charge is 0.242 e. The Kier molecular flexibility index (Phi) is 3.97. The van der Waals surface area contributed by atoms with Gasteiger partial charge in [0.05, 0.1) is 0 Å². The lowest BCUT2D eigenvalue weighted by molar-refractivity contribution is -0.182. The van der Waals surface area contributed by atoms with Gasteiger partial charge in [-0.3, -0.25) is 0 Å². The largest absolute Gasteiger partial charge is 0.483 e. The number of hydrogen-bond donors (Lipinski definition) is 0. The van der Waals surface area contributed by atoms with Crippen LogP contribution in [0.25, 0.3) is 0 Å². The van der Waals surface area contributed by atoms with E-state index in [-0.39, 0.29) is 0 Å². The molecule has 0 spiro atoms. The zero-order chi connectivity index (χ0) is 11.3. The van der Waals surface area contributed by atoms with E-state index in [0.717, 1.165) is 11.5 Å². The van der Waals surface area contributed by atoms with Gasteiger partial charge in [-0.05, 0) is 12.1 Å². The molecule has 0 amide bonds. The van der Waals surface area contributed by atoms with Crippen LogP contribution in [0.4, 0.5) is 0 Å². The second kappa shape index (κ2) is 5.03. The Bertz CT molecular complexity index is 311. The average molecular weight is 210 g/mol. The molecule has 1 unspecified atom stereocenters. The molecule has 0 bridgehead atoms. The molecule has 1 aliphatic heterocycles. The number of methoxy groups -OCH3 is 1. The van der Waals surface area contributed by atoms with E-state index in [0.29, 0.717) is 6.61 Å². The van der Waals surface area contributed by atoms with Gasteiger partial charge in [0.15, 0.2) is 18.1 Å². The van der Waals surface area contributed by atoms with Crippen LogP contribution in [-0.4, -0.2) is 19.5 Å². The zero-order valence-corrected chi connectivity index (χ0v) is 9.74. The molecule has 3 nitrogen and oxygen atoms in total. The third kappa shape index (κ3) is 2.63. The molecule has 1 atom stereocenters. The Morgan fingerprint density at radius 3 is 2.40 bits per heavy atom. The maximum absolute atomic E-state index is 5.62. The van der Waals surface area contributed by atoms with Crippen LogP contribution < -0.4 is 9.47 Å². The number of hydrogen-bond acceptors (Lipinski definition) is 3. The van der Waals surface area contributed by atoms with E-state index in [2.05, 4.69) is 0 Å². The fraction of sp³-hybridized carbons (Fsp3) is 0.500. The number of ether oxygens (including phenoxy) is 3. The second-order valence-corrected chi connectivity index (χ2v) is 3.18. The third-order valence-electron chi connectivity index (χ3n) is 2.10. The highest BCUT2D eigenvalue weighted by molar-refractivity contribution is 5.40. The quantitative estimate of drug-likeness (QED) is 0.713. The summed E-state index contributed by atoms with van der Waals surface area (Å²) in [4.78, 5) is 0. The number of rotatable bonds is 1. The first-order valence-corrected chi connectivity index (χ1v) is 5.19. The molecule has 1 aromatic rings. The van der Waals surface area contributed by atoms with Crippen molar-refractivity contribution in [2.75, 3.05) is 13.7 Å². The Hall–Kier alpha value is -1.22. The van der Waals surface area contributed by atoms with Crippen LogP contribution in [0.1, 0.15) is 20.8 Å². The molecule has 15 heavy (non-hydrogen) atoms. The molecule has 1 heterocycles. The van der Waals surface area contributed by atoms with Gasteiger partial charge in [0.1, 0.15) is 0 Å². The van der Waals surface area contributed by atoms with Crippen molar-refractivity contribution in [1.29, 1.82) is 0 Å². The molecule has 0 radical (unpaired) electrons. The highest BCUT2D eigenvalue weighted by atomic mass is 16.7. The molecule has 0 N–H and O–H groups in total. The van der Waals surface area contributed by atoms with Crippen LogP contribution in [0.15, 0.2) is 24.3 Å². The molecule has 0 aromatic heterocycles. The van der Waals surface area contributed by atoms with Crippen LogP contribution >= 0.6 is 0 Å². The molecule has 84 valence electrons. The maximum Gasteiger partial charge on any atom is 0.242 e. The second-order valence-electron chi connectivity index (χ2n) is 3.18. The minimum Gasteiger partial charge on any atom is -0.483 e. The van der Waals surface area contributed by atoms with Gasteiger partial charge in [0.25, 0.3) is 0 Å². The van der Waals surface area contributed by atoms with Gasteiger partial charge in [-0.25, -0.2) is 0 Å². The number of fused-ring (bicyclic) bond motifs is 1. The first-order valence-electron chi connectivity index (χ1n) is 5.19. The predicted octanol–water partition coefficient (Wildman–Crippen LogP) is 2.85. The van der Waals surface area contributed by atoms with Crippen molar-refractivity contribution in [2.45, 2.75) is 26.6 Å². The third-order valence-corrected chi connectivity index (χ3v) is 2.10. The summed E-state index contributed by atoms with van der Waals surface area (Å²) < 4.78 is 16.3. The zero-order valence-electron chi connectivity index (χ0n) is 9.74. The topological polar surface area (TPSA) is 27.7 Å². The lowest BCUT2D eigenvalue weighted by atomic mass is 10.2. The van der Waals surface area contributed by atoms with Gasteiger partial charge in [0, 0.05) is 14.0 Å². The summed E-state index contributed by atoms with van der Waals surface area (Å²) in [7, 11) is 1.61. The Labute approximate surface area is 91.0 Å². The highest BCUT2D eigenvalue weighted by Gasteiger charge is 2.32. The molecular formula is C12H18O3. The minimum atomic E-state index is -0.658. The summed E-state index contributed by atoms with van der Waals surface area (Å²) in [5.74, 6) is 0.851. The Morgan fingerprint density at radius 1 is 1.20 bits per heavy atom. The standard InChI is InChI=1S/C10H12O3.C2H6/c1-10(11-2)7-12-8-5-3-4-6-9(8)13-10;1-2/h3-6H,7H2,1-2H3;1-2H3. The summed E-state index contributed by atoms with van der Waals surface area (Å²) in [6, 6.07) is 7.57. The van der Waals surface area contributed by atoms with E-state index in [4.69, 9.17) is 14.2 Å². The summed E-state index contributed by atoms with van der Waals surface area (Å²) in [5, 5.41) is 0. The van der Waals surface area contributed by atoms with Crippen molar-refractivity contribution >= 4 is 0 Å². The minimum absolute atomic E-state index is 0.417. The summed E-state index contributed by atoms with van der Waals surface area (Å²) >= 11 is 0. The lowest BCUT2D eigenvalue weighted by Crippen LogP contribution is -2.43. The normalized spacial score (nSPS) is 22.7. The van der Waals surface area contributed by atoms with Crippen molar-refractivity contribution in [1.82, 2.24) is 0 Å². The Balaban J connectivity index is 0.000000531. The van der Waals surface area contributed by atoms with E-state index < -0.39 is 5.79 Å². The van der Waals surface area contributed by atoms with Gasteiger partial charge >= 0.3 is 0 Å². The molecule has 2 rings (SSSR count). The van der Waals surface area contributed by atoms with E-state index in [1.54, 1.807) is 7.11 Å². The maximum atomic E-state index is 5.62. The van der Waals surface area contributed by atoms with Crippen LogP contribution in [0.5, 0.6) is 11.5 Å². The SMILES string of the molecule is CC.COC1(C)COc2ccccc2O1. The van der Waals surface area contributed by atoms with Crippen molar-refractivity contribution in [2.24, 2.45) is 0 Å². The summed E-state index contributed by atoms with van der Waals surface area (Å²) in [6.45, 7) is 6.27.